The monoisotopic (exact) mass is 534 g/mol. The zero-order chi connectivity index (χ0) is 27.4. The third-order valence-electron chi connectivity index (χ3n) is 13.8. The highest BCUT2D eigenvalue weighted by atomic mass is 16.5. The molecule has 2 heteroatoms. The van der Waals surface area contributed by atoms with Crippen LogP contribution in [0.5, 0.6) is 0 Å². The normalized spacial score (nSPS) is 45.6. The SMILES string of the molecule is CC(C)CCC[C@@H](C)[C@H]1CC[C@H]2[C@@H]3CC=C4CC(OC(=O)[C@H]5CC=C[C@@H]6CCC[C@@H]65)CC[C@]4(C)[C@H]3CC[C@]12C. The Morgan fingerprint density at radius 1 is 0.949 bits per heavy atom. The van der Waals surface area contributed by atoms with Gasteiger partial charge in [0.25, 0.3) is 0 Å². The van der Waals surface area contributed by atoms with Crippen molar-refractivity contribution in [2.24, 2.45) is 64.1 Å². The van der Waals surface area contributed by atoms with E-state index in [-0.39, 0.29) is 18.0 Å². The molecule has 0 aliphatic heterocycles. The first-order valence-corrected chi connectivity index (χ1v) is 17.3. The van der Waals surface area contributed by atoms with Crippen LogP contribution in [0.2, 0.25) is 0 Å². The lowest BCUT2D eigenvalue weighted by Gasteiger charge is -2.58. The van der Waals surface area contributed by atoms with Crippen LogP contribution in [0.1, 0.15) is 131 Å². The van der Waals surface area contributed by atoms with Gasteiger partial charge >= 0.3 is 5.97 Å². The number of rotatable bonds is 7. The van der Waals surface area contributed by atoms with Crippen molar-refractivity contribution in [3.05, 3.63) is 23.8 Å². The van der Waals surface area contributed by atoms with Gasteiger partial charge in [0.05, 0.1) is 5.92 Å². The Hall–Kier alpha value is -1.05. The average Bonchev–Trinajstić information content (AvgIpc) is 3.52. The van der Waals surface area contributed by atoms with Crippen LogP contribution in [0.3, 0.4) is 0 Å². The third-order valence-corrected chi connectivity index (χ3v) is 13.8. The molecule has 0 spiro atoms. The van der Waals surface area contributed by atoms with Crippen LogP contribution < -0.4 is 0 Å². The Kier molecular flexibility index (Phi) is 7.91. The number of hydrogen-bond donors (Lipinski definition) is 0. The molecule has 0 aromatic carbocycles. The quantitative estimate of drug-likeness (QED) is 0.240. The number of allylic oxidation sites excluding steroid dienone is 3. The van der Waals surface area contributed by atoms with Gasteiger partial charge in [0.2, 0.25) is 0 Å². The number of ether oxygens (including phenoxy) is 1. The van der Waals surface area contributed by atoms with Crippen molar-refractivity contribution in [3.8, 4) is 0 Å². The largest absolute Gasteiger partial charge is 0.462 e. The van der Waals surface area contributed by atoms with Gasteiger partial charge in [-0.1, -0.05) is 84.1 Å². The van der Waals surface area contributed by atoms with Crippen molar-refractivity contribution in [2.75, 3.05) is 0 Å². The van der Waals surface area contributed by atoms with Crippen molar-refractivity contribution in [1.29, 1.82) is 0 Å². The molecule has 6 aliphatic carbocycles. The Labute approximate surface area is 240 Å². The number of esters is 1. The van der Waals surface area contributed by atoms with E-state index in [0.29, 0.717) is 22.7 Å². The van der Waals surface area contributed by atoms with Gasteiger partial charge in [-0.3, -0.25) is 4.79 Å². The molecule has 39 heavy (non-hydrogen) atoms. The van der Waals surface area contributed by atoms with Gasteiger partial charge in [0.15, 0.2) is 0 Å². The predicted molar refractivity (Wildman–Crippen MR) is 161 cm³/mol. The van der Waals surface area contributed by atoms with Crippen LogP contribution in [0.15, 0.2) is 23.8 Å². The van der Waals surface area contributed by atoms with Crippen LogP contribution in [0, 0.1) is 64.1 Å². The number of carbonyl (C=O) groups excluding carboxylic acids is 1. The summed E-state index contributed by atoms with van der Waals surface area (Å²) in [5.74, 6) is 6.66. The summed E-state index contributed by atoms with van der Waals surface area (Å²) in [5.41, 5.74) is 2.53. The van der Waals surface area contributed by atoms with Gasteiger partial charge in [-0.2, -0.15) is 0 Å². The van der Waals surface area contributed by atoms with Gasteiger partial charge in [-0.25, -0.2) is 0 Å². The molecule has 0 saturated heterocycles. The second-order valence-electron chi connectivity index (χ2n) is 16.1. The van der Waals surface area contributed by atoms with Gasteiger partial charge in [0, 0.05) is 6.42 Å². The first-order chi connectivity index (χ1) is 18.7. The minimum absolute atomic E-state index is 0.107. The molecule has 0 bridgehead atoms. The second-order valence-corrected chi connectivity index (χ2v) is 16.1. The molecular formula is C37H58O2. The highest BCUT2D eigenvalue weighted by Gasteiger charge is 2.59. The molecule has 218 valence electrons. The van der Waals surface area contributed by atoms with Crippen molar-refractivity contribution in [2.45, 2.75) is 137 Å². The minimum atomic E-state index is 0.107. The van der Waals surface area contributed by atoms with Crippen molar-refractivity contribution >= 4 is 5.97 Å². The van der Waals surface area contributed by atoms with Crippen molar-refractivity contribution in [3.63, 3.8) is 0 Å². The summed E-state index contributed by atoms with van der Waals surface area (Å²) in [6.45, 7) is 12.6. The first-order valence-electron chi connectivity index (χ1n) is 17.3. The summed E-state index contributed by atoms with van der Waals surface area (Å²) < 4.78 is 6.33. The third kappa shape index (κ3) is 5.01. The molecule has 4 saturated carbocycles. The van der Waals surface area contributed by atoms with Crippen LogP contribution in [0.25, 0.3) is 0 Å². The fourth-order valence-electron chi connectivity index (χ4n) is 11.6. The lowest BCUT2D eigenvalue weighted by Crippen LogP contribution is -2.51. The van der Waals surface area contributed by atoms with Crippen LogP contribution >= 0.6 is 0 Å². The van der Waals surface area contributed by atoms with Gasteiger partial charge in [0.1, 0.15) is 6.10 Å². The topological polar surface area (TPSA) is 26.3 Å². The van der Waals surface area contributed by atoms with Crippen LogP contribution in [-0.4, -0.2) is 12.1 Å². The van der Waals surface area contributed by atoms with Crippen LogP contribution in [-0.2, 0) is 9.53 Å². The highest BCUT2D eigenvalue weighted by molar-refractivity contribution is 5.73. The van der Waals surface area contributed by atoms with E-state index in [9.17, 15) is 4.79 Å². The number of hydrogen-bond acceptors (Lipinski definition) is 2. The van der Waals surface area contributed by atoms with E-state index < -0.39 is 0 Å². The first kappa shape index (κ1) is 28.1. The van der Waals surface area contributed by atoms with E-state index in [1.807, 2.05) is 0 Å². The molecule has 11 atom stereocenters. The second kappa shape index (κ2) is 11.0. The maximum absolute atomic E-state index is 13.3. The molecule has 0 aromatic heterocycles. The van der Waals surface area contributed by atoms with Crippen molar-refractivity contribution in [1.82, 2.24) is 0 Å². The molecule has 0 radical (unpaired) electrons. The van der Waals surface area contributed by atoms with Gasteiger partial charge in [-0.15, -0.1) is 0 Å². The fraction of sp³-hybridized carbons (Fsp3) is 0.865. The van der Waals surface area contributed by atoms with E-state index in [1.165, 1.54) is 77.0 Å². The van der Waals surface area contributed by atoms with Crippen molar-refractivity contribution < 1.29 is 9.53 Å². The molecule has 0 heterocycles. The number of fused-ring (bicyclic) bond motifs is 6. The highest BCUT2D eigenvalue weighted by Crippen LogP contribution is 2.67. The molecule has 0 aromatic rings. The Balaban J connectivity index is 1.10. The lowest BCUT2D eigenvalue weighted by atomic mass is 9.47. The summed E-state index contributed by atoms with van der Waals surface area (Å²) >= 11 is 0. The van der Waals surface area contributed by atoms with E-state index in [1.54, 1.807) is 5.57 Å². The van der Waals surface area contributed by atoms with E-state index >= 15 is 0 Å². The molecule has 1 unspecified atom stereocenters. The summed E-state index contributed by atoms with van der Waals surface area (Å²) in [4.78, 5) is 13.3. The zero-order valence-electron chi connectivity index (χ0n) is 25.9. The molecule has 0 N–H and O–H groups in total. The molecule has 6 aliphatic rings. The summed E-state index contributed by atoms with van der Waals surface area (Å²) in [6.07, 6.45) is 26.6. The van der Waals surface area contributed by atoms with E-state index in [2.05, 4.69) is 52.8 Å². The summed E-state index contributed by atoms with van der Waals surface area (Å²) in [7, 11) is 0. The maximum atomic E-state index is 13.3. The Bertz CT molecular complexity index is 960. The van der Waals surface area contributed by atoms with Gasteiger partial charge in [-0.05, 0) is 122 Å². The summed E-state index contributed by atoms with van der Waals surface area (Å²) in [6, 6.07) is 0. The standard InChI is InChI=1S/C37H58O2/c1-24(2)9-6-10-25(3)32-17-18-33-31-16-15-27-23-28(19-21-36(27,4)34(31)20-22-37(32,33)5)39-35(38)30-14-8-12-26-11-7-13-29(26)30/h8,12,15,24-26,28-34H,6-7,9-11,13-14,16-23H2,1-5H3/t25-,26+,28?,29+,30+,31+,32-,33+,34+,36+,37-/m1/s1. The number of carbonyl (C=O) groups is 1. The fourth-order valence-corrected chi connectivity index (χ4v) is 11.6. The molecular weight excluding hydrogens is 476 g/mol. The molecule has 6 rings (SSSR count). The lowest BCUT2D eigenvalue weighted by molar-refractivity contribution is -0.159. The minimum Gasteiger partial charge on any atom is -0.462 e. The zero-order valence-corrected chi connectivity index (χ0v) is 25.9. The van der Waals surface area contributed by atoms with Crippen LogP contribution in [0.4, 0.5) is 0 Å². The Morgan fingerprint density at radius 3 is 2.62 bits per heavy atom. The Morgan fingerprint density at radius 2 is 1.79 bits per heavy atom. The average molecular weight is 535 g/mol. The maximum Gasteiger partial charge on any atom is 0.309 e. The smallest absolute Gasteiger partial charge is 0.309 e. The molecule has 0 amide bonds. The molecule has 2 nitrogen and oxygen atoms in total. The van der Waals surface area contributed by atoms with E-state index in [0.717, 1.165) is 54.8 Å². The molecule has 4 fully saturated rings. The van der Waals surface area contributed by atoms with E-state index in [4.69, 9.17) is 4.74 Å². The van der Waals surface area contributed by atoms with Gasteiger partial charge < -0.3 is 4.74 Å². The summed E-state index contributed by atoms with van der Waals surface area (Å²) in [5, 5.41) is 0. The predicted octanol–water partition coefficient (Wildman–Crippen LogP) is 9.93.